The molecule has 2 heteroatoms. The molecule has 2 rings (SSSR count). The van der Waals surface area contributed by atoms with Crippen LogP contribution in [-0.4, -0.2) is 13.0 Å². The molecule has 96 valence electrons. The van der Waals surface area contributed by atoms with Gasteiger partial charge in [0, 0.05) is 0 Å². The highest BCUT2D eigenvalue weighted by molar-refractivity contribution is 5.83. The zero-order valence-electron chi connectivity index (χ0n) is 11.0. The number of carbonyl (C=O) groups excluding carboxylic acids is 1. The molecular weight excluding hydrogens is 234 g/mol. The molecule has 0 bridgehead atoms. The smallest absolute Gasteiger partial charge is 0.214 e. The number of fused-ring (bicyclic) bond motifs is 1. The van der Waals surface area contributed by atoms with Gasteiger partial charge in [-0.1, -0.05) is 55.2 Å². The van der Waals surface area contributed by atoms with Gasteiger partial charge >= 0.3 is 0 Å². The second-order valence-corrected chi connectivity index (χ2v) is 4.31. The summed E-state index contributed by atoms with van der Waals surface area (Å²) < 4.78 is 0. The average Bonchev–Trinajstić information content (AvgIpc) is 2.43. The highest BCUT2D eigenvalue weighted by atomic mass is 16.1. The Morgan fingerprint density at radius 3 is 2.74 bits per heavy atom. The summed E-state index contributed by atoms with van der Waals surface area (Å²) in [4.78, 5) is 13.1. The van der Waals surface area contributed by atoms with Crippen LogP contribution in [0.3, 0.4) is 0 Å². The van der Waals surface area contributed by atoms with Crippen LogP contribution in [0.25, 0.3) is 6.08 Å². The molecule has 0 saturated carbocycles. The van der Waals surface area contributed by atoms with Crippen LogP contribution in [0.15, 0.2) is 66.3 Å². The third-order valence-corrected chi connectivity index (χ3v) is 3.12. The predicted octanol–water partition coefficient (Wildman–Crippen LogP) is 3.73. The fraction of sp³-hybridized carbons (Fsp3) is 0.118. The topological polar surface area (TPSA) is 20.3 Å². The summed E-state index contributed by atoms with van der Waals surface area (Å²) in [5.74, 6) is 0. The van der Waals surface area contributed by atoms with Crippen LogP contribution in [0.1, 0.15) is 12.5 Å². The first kappa shape index (κ1) is 13.1. The monoisotopic (exact) mass is 251 g/mol. The van der Waals surface area contributed by atoms with E-state index in [2.05, 4.69) is 6.58 Å². The van der Waals surface area contributed by atoms with E-state index in [0.29, 0.717) is 6.54 Å². The van der Waals surface area contributed by atoms with Crippen molar-refractivity contribution in [3.63, 3.8) is 0 Å². The molecule has 0 fully saturated rings. The minimum Gasteiger partial charge on any atom is -0.310 e. The van der Waals surface area contributed by atoms with Crippen molar-refractivity contribution in [3.8, 4) is 0 Å². The first-order chi connectivity index (χ1) is 9.30. The van der Waals surface area contributed by atoms with Crippen LogP contribution in [0.5, 0.6) is 0 Å². The van der Waals surface area contributed by atoms with Gasteiger partial charge < -0.3 is 4.90 Å². The molecule has 0 N–H and O–H groups in total. The van der Waals surface area contributed by atoms with Crippen molar-refractivity contribution in [1.82, 2.24) is 0 Å². The second kappa shape index (κ2) is 6.01. The third kappa shape index (κ3) is 2.74. The molecule has 1 heterocycles. The number of hydrogen-bond donors (Lipinski definition) is 0. The lowest BCUT2D eigenvalue weighted by Gasteiger charge is -2.23. The van der Waals surface area contributed by atoms with E-state index in [-0.39, 0.29) is 0 Å². The van der Waals surface area contributed by atoms with E-state index in [4.69, 9.17) is 0 Å². The van der Waals surface area contributed by atoms with Gasteiger partial charge in [-0.05, 0) is 29.7 Å². The summed E-state index contributed by atoms with van der Waals surface area (Å²) in [6.07, 6.45) is 10.8. The van der Waals surface area contributed by atoms with E-state index < -0.39 is 0 Å². The van der Waals surface area contributed by atoms with Crippen molar-refractivity contribution in [2.75, 3.05) is 11.4 Å². The van der Waals surface area contributed by atoms with Gasteiger partial charge in [0.15, 0.2) is 0 Å². The van der Waals surface area contributed by atoms with Gasteiger partial charge in [-0.15, -0.1) is 0 Å². The summed E-state index contributed by atoms with van der Waals surface area (Å²) in [5, 5.41) is 0. The Hall–Kier alpha value is -2.35. The normalized spacial score (nSPS) is 20.6. The minimum absolute atomic E-state index is 0.552. The van der Waals surface area contributed by atoms with Gasteiger partial charge in [-0.3, -0.25) is 4.79 Å². The van der Waals surface area contributed by atoms with Crippen LogP contribution in [0.2, 0.25) is 0 Å². The molecule has 1 amide bonds. The Morgan fingerprint density at radius 1 is 1.26 bits per heavy atom. The Bertz CT molecular complexity index is 579. The van der Waals surface area contributed by atoms with Crippen molar-refractivity contribution >= 4 is 18.2 Å². The summed E-state index contributed by atoms with van der Waals surface area (Å²) in [7, 11) is 0. The van der Waals surface area contributed by atoms with E-state index in [9.17, 15) is 4.79 Å². The molecule has 0 aliphatic carbocycles. The van der Waals surface area contributed by atoms with Crippen LogP contribution >= 0.6 is 0 Å². The third-order valence-electron chi connectivity index (χ3n) is 3.12. The first-order valence-electron chi connectivity index (χ1n) is 6.27. The number of benzene rings is 1. The molecule has 1 aromatic rings. The highest BCUT2D eigenvalue weighted by Crippen LogP contribution is 2.26. The minimum atomic E-state index is 0.552. The lowest BCUT2D eigenvalue weighted by Crippen LogP contribution is -2.25. The van der Waals surface area contributed by atoms with E-state index >= 15 is 0 Å². The standard InChI is InChI=1S/C17H17NO/c1-3-7-16-12-18(13-19)17-9-6-5-8-15(17)11-10-14(16)4-2/h3-11,13H,2,12H2,1H3/b7-3-,11-10-,16-14-. The van der Waals surface area contributed by atoms with Crippen molar-refractivity contribution in [1.29, 1.82) is 0 Å². The number of para-hydroxylation sites is 1. The lowest BCUT2D eigenvalue weighted by atomic mass is 10.0. The fourth-order valence-electron chi connectivity index (χ4n) is 2.18. The SMILES string of the molecule is C=CC1=C(\C=C/C)CN(C=O)c2ccccc2/C=C\1. The molecule has 1 aromatic carbocycles. The van der Waals surface area contributed by atoms with Gasteiger partial charge in [0.2, 0.25) is 6.41 Å². The summed E-state index contributed by atoms with van der Waals surface area (Å²) in [5.41, 5.74) is 4.09. The van der Waals surface area contributed by atoms with Crippen LogP contribution in [0, 0.1) is 0 Å². The number of nitrogens with zero attached hydrogens (tertiary/aromatic N) is 1. The maximum Gasteiger partial charge on any atom is 0.214 e. The average molecular weight is 251 g/mol. The molecule has 0 spiro atoms. The molecular formula is C17H17NO. The Labute approximate surface area is 114 Å². The Kier molecular flexibility index (Phi) is 4.14. The number of anilines is 1. The number of amides is 1. The van der Waals surface area contributed by atoms with Crippen LogP contribution in [-0.2, 0) is 4.79 Å². The molecule has 0 atom stereocenters. The summed E-state index contributed by atoms with van der Waals surface area (Å²) in [6.45, 7) is 6.37. The molecule has 0 aromatic heterocycles. The lowest BCUT2D eigenvalue weighted by molar-refractivity contribution is -0.107. The molecule has 0 unspecified atom stereocenters. The number of rotatable bonds is 3. The number of allylic oxidation sites excluding steroid dienone is 4. The second-order valence-electron chi connectivity index (χ2n) is 4.31. The van der Waals surface area contributed by atoms with Crippen molar-refractivity contribution in [2.24, 2.45) is 0 Å². The van der Waals surface area contributed by atoms with Gasteiger partial charge in [-0.25, -0.2) is 0 Å². The van der Waals surface area contributed by atoms with Crippen molar-refractivity contribution < 1.29 is 4.79 Å². The zero-order chi connectivity index (χ0) is 13.7. The van der Waals surface area contributed by atoms with E-state index in [0.717, 1.165) is 28.8 Å². The van der Waals surface area contributed by atoms with Crippen LogP contribution < -0.4 is 4.90 Å². The Morgan fingerprint density at radius 2 is 2.05 bits per heavy atom. The molecule has 0 saturated heterocycles. The molecule has 2 nitrogen and oxygen atoms in total. The highest BCUT2D eigenvalue weighted by Gasteiger charge is 2.13. The predicted molar refractivity (Wildman–Crippen MR) is 80.9 cm³/mol. The van der Waals surface area contributed by atoms with Gasteiger partial charge in [-0.2, -0.15) is 0 Å². The first-order valence-corrected chi connectivity index (χ1v) is 6.27. The van der Waals surface area contributed by atoms with E-state index in [1.165, 1.54) is 0 Å². The van der Waals surface area contributed by atoms with E-state index in [1.807, 2.05) is 61.6 Å². The Balaban J connectivity index is 2.58. The van der Waals surface area contributed by atoms with Crippen molar-refractivity contribution in [3.05, 3.63) is 71.9 Å². The molecule has 1 aliphatic heterocycles. The maximum atomic E-state index is 11.4. The van der Waals surface area contributed by atoms with Gasteiger partial charge in [0.05, 0.1) is 12.2 Å². The van der Waals surface area contributed by atoms with E-state index in [1.54, 1.807) is 4.90 Å². The van der Waals surface area contributed by atoms with Crippen molar-refractivity contribution in [2.45, 2.75) is 6.92 Å². The number of hydrogen-bond acceptors (Lipinski definition) is 1. The fourth-order valence-corrected chi connectivity index (χ4v) is 2.18. The maximum absolute atomic E-state index is 11.4. The summed E-state index contributed by atoms with van der Waals surface area (Å²) >= 11 is 0. The van der Waals surface area contributed by atoms with Crippen LogP contribution in [0.4, 0.5) is 5.69 Å². The molecule has 19 heavy (non-hydrogen) atoms. The quantitative estimate of drug-likeness (QED) is 0.749. The summed E-state index contributed by atoms with van der Waals surface area (Å²) in [6, 6.07) is 7.88. The van der Waals surface area contributed by atoms with Gasteiger partial charge in [0.25, 0.3) is 0 Å². The largest absolute Gasteiger partial charge is 0.310 e. The zero-order valence-corrected chi connectivity index (χ0v) is 11.0. The molecule has 1 aliphatic rings. The molecule has 0 radical (unpaired) electrons. The number of carbonyl (C=O) groups is 1. The van der Waals surface area contributed by atoms with Gasteiger partial charge in [0.1, 0.15) is 0 Å².